The number of benzene rings is 1. The van der Waals surface area contributed by atoms with Gasteiger partial charge in [-0.15, -0.1) is 0 Å². The number of pyridine rings is 1. The summed E-state index contributed by atoms with van der Waals surface area (Å²) in [6.45, 7) is 2.02. The third-order valence-electron chi connectivity index (χ3n) is 3.07. The number of nitrogens with zero attached hydrogens (tertiary/aromatic N) is 1. The zero-order chi connectivity index (χ0) is 13.7. The Morgan fingerprint density at radius 2 is 2.16 bits per heavy atom. The van der Waals surface area contributed by atoms with Gasteiger partial charge in [0.05, 0.1) is 13.2 Å². The molecule has 1 unspecified atom stereocenters. The van der Waals surface area contributed by atoms with Crippen LogP contribution >= 0.6 is 0 Å². The molecule has 4 nitrogen and oxygen atoms in total. The van der Waals surface area contributed by atoms with E-state index in [4.69, 9.17) is 10.6 Å². The first-order valence-corrected chi connectivity index (χ1v) is 6.23. The van der Waals surface area contributed by atoms with E-state index in [1.54, 1.807) is 7.11 Å². The van der Waals surface area contributed by atoms with Crippen LogP contribution in [0, 0.1) is 6.92 Å². The minimum atomic E-state index is 0.0412. The average molecular weight is 257 g/mol. The molecule has 19 heavy (non-hydrogen) atoms. The molecule has 4 heteroatoms. The number of methoxy groups -OCH3 is 1. The molecule has 100 valence electrons. The van der Waals surface area contributed by atoms with E-state index in [0.717, 1.165) is 23.3 Å². The number of hydrogen-bond donors (Lipinski definition) is 2. The Labute approximate surface area is 113 Å². The van der Waals surface area contributed by atoms with Gasteiger partial charge in [0.2, 0.25) is 0 Å². The summed E-state index contributed by atoms with van der Waals surface area (Å²) in [5.41, 5.74) is 6.24. The molecule has 1 aromatic carbocycles. The highest BCUT2D eigenvalue weighted by Crippen LogP contribution is 2.20. The van der Waals surface area contributed by atoms with E-state index in [-0.39, 0.29) is 6.04 Å². The molecule has 0 spiro atoms. The van der Waals surface area contributed by atoms with Crippen LogP contribution in [0.25, 0.3) is 0 Å². The van der Waals surface area contributed by atoms with E-state index in [0.29, 0.717) is 0 Å². The van der Waals surface area contributed by atoms with Crippen molar-refractivity contribution in [2.24, 2.45) is 5.84 Å². The van der Waals surface area contributed by atoms with Crippen molar-refractivity contribution in [1.82, 2.24) is 10.4 Å². The van der Waals surface area contributed by atoms with Gasteiger partial charge in [-0.3, -0.25) is 16.3 Å². The molecule has 0 bridgehead atoms. The van der Waals surface area contributed by atoms with Gasteiger partial charge in [0.15, 0.2) is 0 Å². The molecule has 3 N–H and O–H groups in total. The zero-order valence-corrected chi connectivity index (χ0v) is 11.3. The number of nitrogens with one attached hydrogen (secondary N) is 1. The zero-order valence-electron chi connectivity index (χ0n) is 11.3. The number of aryl methyl sites for hydroxylation is 1. The molecular formula is C15H19N3O. The number of rotatable bonds is 5. The second-order valence-corrected chi connectivity index (χ2v) is 4.57. The standard InChI is InChI=1S/C15H19N3O/c1-11-6-13(10-17-9-11)15(18-16)8-12-4-3-5-14(7-12)19-2/h3-7,9-10,15,18H,8,16H2,1-2H3. The topological polar surface area (TPSA) is 60.2 Å². The molecule has 2 aromatic rings. The Morgan fingerprint density at radius 1 is 1.32 bits per heavy atom. The summed E-state index contributed by atoms with van der Waals surface area (Å²) in [4.78, 5) is 4.21. The van der Waals surface area contributed by atoms with Crippen LogP contribution in [0.4, 0.5) is 0 Å². The van der Waals surface area contributed by atoms with E-state index in [1.165, 1.54) is 5.56 Å². The Hall–Kier alpha value is -1.91. The van der Waals surface area contributed by atoms with Crippen LogP contribution in [0.3, 0.4) is 0 Å². The first-order chi connectivity index (χ1) is 9.22. The highest BCUT2D eigenvalue weighted by molar-refractivity contribution is 5.30. The van der Waals surface area contributed by atoms with Gasteiger partial charge >= 0.3 is 0 Å². The summed E-state index contributed by atoms with van der Waals surface area (Å²) in [6, 6.07) is 10.1. The predicted octanol–water partition coefficient (Wildman–Crippen LogP) is 2.15. The number of ether oxygens (including phenoxy) is 1. The van der Waals surface area contributed by atoms with Crippen LogP contribution in [0.1, 0.15) is 22.7 Å². The summed E-state index contributed by atoms with van der Waals surface area (Å²) in [5, 5.41) is 0. The van der Waals surface area contributed by atoms with Crippen molar-refractivity contribution in [3.8, 4) is 5.75 Å². The summed E-state index contributed by atoms with van der Waals surface area (Å²) < 4.78 is 5.23. The van der Waals surface area contributed by atoms with Crippen molar-refractivity contribution in [3.63, 3.8) is 0 Å². The quantitative estimate of drug-likeness (QED) is 0.636. The fraction of sp³-hybridized carbons (Fsp3) is 0.267. The third-order valence-corrected chi connectivity index (χ3v) is 3.07. The lowest BCUT2D eigenvalue weighted by Gasteiger charge is -2.17. The second-order valence-electron chi connectivity index (χ2n) is 4.57. The van der Waals surface area contributed by atoms with Crippen molar-refractivity contribution in [2.75, 3.05) is 7.11 Å². The van der Waals surface area contributed by atoms with Gasteiger partial charge in [-0.05, 0) is 42.2 Å². The molecule has 1 aromatic heterocycles. The summed E-state index contributed by atoms with van der Waals surface area (Å²) in [5.74, 6) is 6.52. The third kappa shape index (κ3) is 3.53. The van der Waals surface area contributed by atoms with E-state index >= 15 is 0 Å². The van der Waals surface area contributed by atoms with E-state index in [2.05, 4.69) is 22.5 Å². The van der Waals surface area contributed by atoms with E-state index in [9.17, 15) is 0 Å². The van der Waals surface area contributed by atoms with Crippen LogP contribution in [0.2, 0.25) is 0 Å². The smallest absolute Gasteiger partial charge is 0.119 e. The number of nitrogens with two attached hydrogens (primary N) is 1. The fourth-order valence-corrected chi connectivity index (χ4v) is 2.08. The Kier molecular flexibility index (Phi) is 4.49. The molecule has 0 saturated heterocycles. The molecule has 0 aliphatic heterocycles. The summed E-state index contributed by atoms with van der Waals surface area (Å²) >= 11 is 0. The van der Waals surface area contributed by atoms with Crippen LogP contribution in [-0.4, -0.2) is 12.1 Å². The van der Waals surface area contributed by atoms with Crippen molar-refractivity contribution >= 4 is 0 Å². The predicted molar refractivity (Wildman–Crippen MR) is 75.7 cm³/mol. The summed E-state index contributed by atoms with van der Waals surface area (Å²) in [7, 11) is 1.67. The van der Waals surface area contributed by atoms with Gasteiger partial charge in [0.25, 0.3) is 0 Å². The fourth-order valence-electron chi connectivity index (χ4n) is 2.08. The highest BCUT2D eigenvalue weighted by atomic mass is 16.5. The van der Waals surface area contributed by atoms with Gasteiger partial charge in [0.1, 0.15) is 5.75 Å². The molecule has 1 atom stereocenters. The SMILES string of the molecule is COc1cccc(CC(NN)c2cncc(C)c2)c1. The monoisotopic (exact) mass is 257 g/mol. The highest BCUT2D eigenvalue weighted by Gasteiger charge is 2.11. The Balaban J connectivity index is 2.18. The normalized spacial score (nSPS) is 12.2. The molecule has 0 aliphatic rings. The van der Waals surface area contributed by atoms with Crippen molar-refractivity contribution in [3.05, 3.63) is 59.4 Å². The molecule has 2 rings (SSSR count). The van der Waals surface area contributed by atoms with Crippen molar-refractivity contribution < 1.29 is 4.74 Å². The van der Waals surface area contributed by atoms with Crippen LogP contribution in [0.15, 0.2) is 42.7 Å². The molecular weight excluding hydrogens is 238 g/mol. The maximum absolute atomic E-state index is 5.66. The first-order valence-electron chi connectivity index (χ1n) is 6.23. The van der Waals surface area contributed by atoms with Gasteiger partial charge in [-0.2, -0.15) is 0 Å². The minimum Gasteiger partial charge on any atom is -0.497 e. The molecule has 0 radical (unpaired) electrons. The lowest BCUT2D eigenvalue weighted by Crippen LogP contribution is -2.29. The number of hydrazine groups is 1. The van der Waals surface area contributed by atoms with Crippen LogP contribution in [-0.2, 0) is 6.42 Å². The lowest BCUT2D eigenvalue weighted by molar-refractivity contribution is 0.414. The van der Waals surface area contributed by atoms with E-state index in [1.807, 2.05) is 37.5 Å². The Morgan fingerprint density at radius 3 is 2.84 bits per heavy atom. The van der Waals surface area contributed by atoms with Gasteiger partial charge in [-0.1, -0.05) is 18.2 Å². The van der Waals surface area contributed by atoms with Crippen molar-refractivity contribution in [2.45, 2.75) is 19.4 Å². The summed E-state index contributed by atoms with van der Waals surface area (Å²) in [6.07, 6.45) is 4.47. The van der Waals surface area contributed by atoms with Gasteiger partial charge in [0, 0.05) is 12.4 Å². The number of hydrogen-bond acceptors (Lipinski definition) is 4. The van der Waals surface area contributed by atoms with Crippen molar-refractivity contribution in [1.29, 1.82) is 0 Å². The van der Waals surface area contributed by atoms with Crippen LogP contribution in [0.5, 0.6) is 5.75 Å². The molecule has 1 heterocycles. The van der Waals surface area contributed by atoms with E-state index < -0.39 is 0 Å². The molecule has 0 fully saturated rings. The van der Waals surface area contributed by atoms with Gasteiger partial charge in [-0.25, -0.2) is 0 Å². The number of aromatic nitrogens is 1. The molecule has 0 aliphatic carbocycles. The first kappa shape index (κ1) is 13.5. The lowest BCUT2D eigenvalue weighted by atomic mass is 10.00. The largest absolute Gasteiger partial charge is 0.497 e. The maximum atomic E-state index is 5.66. The molecule has 0 saturated carbocycles. The minimum absolute atomic E-state index is 0.0412. The average Bonchev–Trinajstić information content (AvgIpc) is 2.45. The maximum Gasteiger partial charge on any atom is 0.119 e. The van der Waals surface area contributed by atoms with Gasteiger partial charge < -0.3 is 4.74 Å². The molecule has 0 amide bonds. The second kappa shape index (κ2) is 6.31. The van der Waals surface area contributed by atoms with Crippen LogP contribution < -0.4 is 16.0 Å². The Bertz CT molecular complexity index is 542.